The highest BCUT2D eigenvalue weighted by Crippen LogP contribution is 2.32. The third-order valence-corrected chi connectivity index (χ3v) is 6.21. The Kier molecular flexibility index (Phi) is 5.44. The summed E-state index contributed by atoms with van der Waals surface area (Å²) in [5.41, 5.74) is 4.01. The molecule has 1 unspecified atom stereocenters. The number of rotatable bonds is 5. The SMILES string of the molecule is Cc1nnc(-c2cnc(-c3cccc(-c4cnn(C)c4)c3)nc2NC2CCCNC2)s1. The van der Waals surface area contributed by atoms with Crippen LogP contribution in [0.5, 0.6) is 0 Å². The lowest BCUT2D eigenvalue weighted by Crippen LogP contribution is -2.38. The minimum absolute atomic E-state index is 0.325. The Morgan fingerprint density at radius 1 is 1.16 bits per heavy atom. The van der Waals surface area contributed by atoms with Crippen molar-refractivity contribution in [2.45, 2.75) is 25.8 Å². The molecule has 9 heteroatoms. The van der Waals surface area contributed by atoms with Crippen LogP contribution in [0.3, 0.4) is 0 Å². The summed E-state index contributed by atoms with van der Waals surface area (Å²) in [6.45, 7) is 3.94. The Bertz CT molecular complexity index is 1190. The monoisotopic (exact) mass is 432 g/mol. The predicted molar refractivity (Wildman–Crippen MR) is 123 cm³/mol. The van der Waals surface area contributed by atoms with E-state index >= 15 is 0 Å². The standard InChI is InChI=1S/C22H24N8S/c1-14-28-29-22(31-14)19-12-24-20(27-21(19)26-18-7-4-8-23-11-18)16-6-3-5-15(9-16)17-10-25-30(2)13-17/h3,5-6,9-10,12-13,18,23H,4,7-8,11H2,1-2H3,(H,24,26,27). The maximum atomic E-state index is 4.93. The highest BCUT2D eigenvalue weighted by molar-refractivity contribution is 7.14. The van der Waals surface area contributed by atoms with Gasteiger partial charge in [0.25, 0.3) is 0 Å². The summed E-state index contributed by atoms with van der Waals surface area (Å²) in [5.74, 6) is 1.49. The number of benzene rings is 1. The highest BCUT2D eigenvalue weighted by Gasteiger charge is 2.19. The first kappa shape index (κ1) is 19.8. The summed E-state index contributed by atoms with van der Waals surface area (Å²) in [6, 6.07) is 8.57. The van der Waals surface area contributed by atoms with E-state index in [2.05, 4.69) is 43.0 Å². The van der Waals surface area contributed by atoms with Crippen molar-refractivity contribution < 1.29 is 0 Å². The Hall–Kier alpha value is -3.17. The van der Waals surface area contributed by atoms with Crippen molar-refractivity contribution in [1.82, 2.24) is 35.3 Å². The quantitative estimate of drug-likeness (QED) is 0.498. The smallest absolute Gasteiger partial charge is 0.161 e. The summed E-state index contributed by atoms with van der Waals surface area (Å²) in [6.07, 6.45) is 7.99. The van der Waals surface area contributed by atoms with Crippen molar-refractivity contribution in [1.29, 1.82) is 0 Å². The van der Waals surface area contributed by atoms with E-state index in [0.717, 1.165) is 64.0 Å². The van der Waals surface area contributed by atoms with E-state index in [-0.39, 0.29) is 0 Å². The van der Waals surface area contributed by atoms with Gasteiger partial charge in [-0.25, -0.2) is 9.97 Å². The van der Waals surface area contributed by atoms with Crippen molar-refractivity contribution in [3.8, 4) is 33.1 Å². The van der Waals surface area contributed by atoms with Gasteiger partial charge in [0.15, 0.2) is 10.8 Å². The molecule has 0 saturated carbocycles. The van der Waals surface area contributed by atoms with Gasteiger partial charge in [-0.3, -0.25) is 4.68 Å². The molecule has 5 rings (SSSR count). The zero-order valence-corrected chi connectivity index (χ0v) is 18.4. The van der Waals surface area contributed by atoms with E-state index in [1.165, 1.54) is 0 Å². The van der Waals surface area contributed by atoms with Crippen LogP contribution >= 0.6 is 11.3 Å². The zero-order valence-electron chi connectivity index (χ0n) is 17.5. The minimum atomic E-state index is 0.325. The predicted octanol–water partition coefficient (Wildman–Crippen LogP) is 3.53. The van der Waals surface area contributed by atoms with Crippen molar-refractivity contribution >= 4 is 17.2 Å². The summed E-state index contributed by atoms with van der Waals surface area (Å²) in [5, 5.41) is 21.6. The normalized spacial score (nSPS) is 16.4. The molecule has 1 saturated heterocycles. The average molecular weight is 433 g/mol. The summed E-state index contributed by atoms with van der Waals surface area (Å²) < 4.78 is 1.80. The molecule has 1 aliphatic heterocycles. The second-order valence-electron chi connectivity index (χ2n) is 7.75. The number of hydrogen-bond acceptors (Lipinski definition) is 8. The molecule has 1 aliphatic rings. The zero-order chi connectivity index (χ0) is 21.2. The van der Waals surface area contributed by atoms with Crippen LogP contribution in [-0.4, -0.2) is 49.1 Å². The molecule has 0 amide bonds. The summed E-state index contributed by atoms with van der Waals surface area (Å²) >= 11 is 1.55. The van der Waals surface area contributed by atoms with Crippen LogP contribution in [0.15, 0.2) is 42.9 Å². The fourth-order valence-corrected chi connectivity index (χ4v) is 4.47. The van der Waals surface area contributed by atoms with Crippen LogP contribution in [0.4, 0.5) is 5.82 Å². The fraction of sp³-hybridized carbons (Fsp3) is 0.318. The molecule has 3 aromatic heterocycles. The molecule has 4 aromatic rings. The highest BCUT2D eigenvalue weighted by atomic mass is 32.1. The molecule has 0 bridgehead atoms. The van der Waals surface area contributed by atoms with Crippen LogP contribution < -0.4 is 10.6 Å². The van der Waals surface area contributed by atoms with Gasteiger partial charge in [-0.1, -0.05) is 29.5 Å². The number of aromatic nitrogens is 6. The maximum Gasteiger partial charge on any atom is 0.161 e. The molecular formula is C22H24N8S. The van der Waals surface area contributed by atoms with Crippen molar-refractivity contribution in [3.63, 3.8) is 0 Å². The first-order valence-corrected chi connectivity index (χ1v) is 11.2. The third-order valence-electron chi connectivity index (χ3n) is 5.34. The molecule has 1 atom stereocenters. The first-order valence-electron chi connectivity index (χ1n) is 10.4. The summed E-state index contributed by atoms with van der Waals surface area (Å²) in [7, 11) is 1.92. The van der Waals surface area contributed by atoms with Crippen molar-refractivity contribution in [2.75, 3.05) is 18.4 Å². The Balaban J connectivity index is 1.53. The molecule has 31 heavy (non-hydrogen) atoms. The van der Waals surface area contributed by atoms with E-state index in [9.17, 15) is 0 Å². The van der Waals surface area contributed by atoms with Gasteiger partial charge < -0.3 is 10.6 Å². The number of nitrogens with zero attached hydrogens (tertiary/aromatic N) is 6. The van der Waals surface area contributed by atoms with E-state index in [1.54, 1.807) is 16.0 Å². The lowest BCUT2D eigenvalue weighted by atomic mass is 10.1. The van der Waals surface area contributed by atoms with Gasteiger partial charge in [0, 0.05) is 43.2 Å². The van der Waals surface area contributed by atoms with Gasteiger partial charge in [-0.2, -0.15) is 5.10 Å². The molecule has 0 aliphatic carbocycles. The van der Waals surface area contributed by atoms with Gasteiger partial charge in [0.05, 0.1) is 11.8 Å². The van der Waals surface area contributed by atoms with Gasteiger partial charge >= 0.3 is 0 Å². The Labute approximate surface area is 184 Å². The Morgan fingerprint density at radius 3 is 2.81 bits per heavy atom. The molecule has 0 spiro atoms. The summed E-state index contributed by atoms with van der Waals surface area (Å²) in [4.78, 5) is 9.61. The number of aryl methyl sites for hydroxylation is 2. The largest absolute Gasteiger partial charge is 0.365 e. The minimum Gasteiger partial charge on any atom is -0.365 e. The third kappa shape index (κ3) is 4.33. The molecule has 0 radical (unpaired) electrons. The molecule has 1 aromatic carbocycles. The second kappa shape index (κ2) is 8.52. The molecule has 8 nitrogen and oxygen atoms in total. The van der Waals surface area contributed by atoms with Crippen LogP contribution in [0.2, 0.25) is 0 Å². The molecule has 2 N–H and O–H groups in total. The first-order chi connectivity index (χ1) is 15.2. The maximum absolute atomic E-state index is 4.93. The lowest BCUT2D eigenvalue weighted by Gasteiger charge is -2.25. The average Bonchev–Trinajstić information content (AvgIpc) is 3.43. The van der Waals surface area contributed by atoms with E-state index < -0.39 is 0 Å². The molecular weight excluding hydrogens is 408 g/mol. The topological polar surface area (TPSA) is 93.4 Å². The molecule has 4 heterocycles. The van der Waals surface area contributed by atoms with E-state index in [1.807, 2.05) is 44.7 Å². The van der Waals surface area contributed by atoms with Gasteiger partial charge in [-0.15, -0.1) is 10.2 Å². The number of nitrogens with one attached hydrogen (secondary N) is 2. The second-order valence-corrected chi connectivity index (χ2v) is 8.93. The number of piperidine rings is 1. The van der Waals surface area contributed by atoms with Gasteiger partial charge in [-0.05, 0) is 37.9 Å². The van der Waals surface area contributed by atoms with Gasteiger partial charge in [0.1, 0.15) is 10.8 Å². The molecule has 1 fully saturated rings. The van der Waals surface area contributed by atoms with Crippen LogP contribution in [0.1, 0.15) is 17.8 Å². The van der Waals surface area contributed by atoms with E-state index in [0.29, 0.717) is 11.9 Å². The van der Waals surface area contributed by atoms with Crippen molar-refractivity contribution in [2.24, 2.45) is 7.05 Å². The molecule has 158 valence electrons. The van der Waals surface area contributed by atoms with Crippen LogP contribution in [0.25, 0.3) is 33.1 Å². The fourth-order valence-electron chi connectivity index (χ4n) is 3.77. The number of anilines is 1. The van der Waals surface area contributed by atoms with Crippen LogP contribution in [0, 0.1) is 6.92 Å². The van der Waals surface area contributed by atoms with E-state index in [4.69, 9.17) is 4.98 Å². The number of hydrogen-bond donors (Lipinski definition) is 2. The van der Waals surface area contributed by atoms with Gasteiger partial charge in [0.2, 0.25) is 0 Å². The Morgan fingerprint density at radius 2 is 2.06 bits per heavy atom. The van der Waals surface area contributed by atoms with Crippen molar-refractivity contribution in [3.05, 3.63) is 47.9 Å². The van der Waals surface area contributed by atoms with Crippen LogP contribution in [-0.2, 0) is 7.05 Å². The lowest BCUT2D eigenvalue weighted by molar-refractivity contribution is 0.479.